The lowest BCUT2D eigenvalue weighted by Crippen LogP contribution is -2.43. The van der Waals surface area contributed by atoms with Crippen molar-refractivity contribution in [2.24, 2.45) is 5.92 Å². The molecule has 1 heterocycles. The summed E-state index contributed by atoms with van der Waals surface area (Å²) in [7, 11) is 1.40. The quantitative estimate of drug-likeness (QED) is 0.532. The number of likely N-dealkylation sites (tertiary alicyclic amines) is 1. The highest BCUT2D eigenvalue weighted by atomic mass is 32.1. The van der Waals surface area contributed by atoms with Gasteiger partial charge in [-0.3, -0.25) is 0 Å². The van der Waals surface area contributed by atoms with Crippen LogP contribution in [0.4, 0.5) is 0 Å². The highest BCUT2D eigenvalue weighted by Crippen LogP contribution is 2.25. The minimum atomic E-state index is -0.344. The molecule has 0 aliphatic carbocycles. The van der Waals surface area contributed by atoms with Crippen molar-refractivity contribution < 1.29 is 14.3 Å². The minimum absolute atomic E-state index is 0.241. The van der Waals surface area contributed by atoms with Crippen LogP contribution in [0.15, 0.2) is 0 Å². The average molecular weight is 259 g/mol. The van der Waals surface area contributed by atoms with E-state index < -0.39 is 0 Å². The second kappa shape index (κ2) is 5.21. The second-order valence-electron chi connectivity index (χ2n) is 5.51. The molecule has 5 heteroatoms. The molecule has 0 spiro atoms. The van der Waals surface area contributed by atoms with Gasteiger partial charge in [-0.2, -0.15) is 0 Å². The number of carbonyl (C=O) groups is 1. The van der Waals surface area contributed by atoms with E-state index in [1.807, 2.05) is 25.7 Å². The van der Waals surface area contributed by atoms with Crippen LogP contribution < -0.4 is 0 Å². The Labute approximate surface area is 108 Å². The SMILES string of the molecule is COC(=O)[C@@H]1C[C@@H](C)CN1C(=S)OC(C)(C)C. The fourth-order valence-electron chi connectivity index (χ4n) is 1.93. The predicted octanol–water partition coefficient (Wildman–Crippen LogP) is 1.97. The zero-order valence-electron chi connectivity index (χ0n) is 11.1. The summed E-state index contributed by atoms with van der Waals surface area (Å²) in [5.74, 6) is 0.176. The van der Waals surface area contributed by atoms with E-state index in [0.29, 0.717) is 11.1 Å². The maximum absolute atomic E-state index is 11.7. The molecule has 0 aromatic carbocycles. The molecule has 0 radical (unpaired) electrons. The van der Waals surface area contributed by atoms with Crippen molar-refractivity contribution in [1.29, 1.82) is 0 Å². The summed E-state index contributed by atoms with van der Waals surface area (Å²) in [6, 6.07) is -0.301. The van der Waals surface area contributed by atoms with Crippen LogP contribution in [-0.2, 0) is 14.3 Å². The summed E-state index contributed by atoms with van der Waals surface area (Å²) in [5.41, 5.74) is -0.344. The van der Waals surface area contributed by atoms with Crippen molar-refractivity contribution in [3.05, 3.63) is 0 Å². The first-order chi connectivity index (χ1) is 7.74. The van der Waals surface area contributed by atoms with Gasteiger partial charge < -0.3 is 14.4 Å². The van der Waals surface area contributed by atoms with Gasteiger partial charge in [-0.05, 0) is 45.3 Å². The third kappa shape index (κ3) is 3.84. The van der Waals surface area contributed by atoms with Crippen molar-refractivity contribution in [1.82, 2.24) is 4.90 Å². The van der Waals surface area contributed by atoms with Crippen LogP contribution in [0.3, 0.4) is 0 Å². The summed E-state index contributed by atoms with van der Waals surface area (Å²) in [6.07, 6.45) is 0.764. The number of ether oxygens (including phenoxy) is 2. The van der Waals surface area contributed by atoms with Crippen LogP contribution >= 0.6 is 12.2 Å². The first-order valence-electron chi connectivity index (χ1n) is 5.82. The number of carbonyl (C=O) groups excluding carboxylic acids is 1. The molecule has 1 rings (SSSR count). The number of hydrogen-bond donors (Lipinski definition) is 0. The fourth-order valence-corrected chi connectivity index (χ4v) is 2.38. The van der Waals surface area contributed by atoms with E-state index in [1.54, 1.807) is 0 Å². The van der Waals surface area contributed by atoms with Gasteiger partial charge in [0.1, 0.15) is 11.6 Å². The van der Waals surface area contributed by atoms with Crippen molar-refractivity contribution >= 4 is 23.4 Å². The fraction of sp³-hybridized carbons (Fsp3) is 0.833. The van der Waals surface area contributed by atoms with E-state index in [2.05, 4.69) is 6.92 Å². The van der Waals surface area contributed by atoms with E-state index in [4.69, 9.17) is 21.7 Å². The Balaban J connectivity index is 2.73. The van der Waals surface area contributed by atoms with Gasteiger partial charge in [-0.25, -0.2) is 4.79 Å². The third-order valence-corrected chi connectivity index (χ3v) is 2.93. The standard InChI is InChI=1S/C12H21NO3S/c1-8-6-9(10(14)15-5)13(7-8)11(17)16-12(2,3)4/h8-9H,6-7H2,1-5H3/t8-,9+/m1/s1. The van der Waals surface area contributed by atoms with Crippen LogP contribution in [0.1, 0.15) is 34.1 Å². The van der Waals surface area contributed by atoms with E-state index in [-0.39, 0.29) is 17.6 Å². The van der Waals surface area contributed by atoms with E-state index >= 15 is 0 Å². The lowest BCUT2D eigenvalue weighted by molar-refractivity contribution is -0.145. The summed E-state index contributed by atoms with van der Waals surface area (Å²) in [5, 5.41) is 0.386. The highest BCUT2D eigenvalue weighted by Gasteiger charge is 2.38. The molecule has 1 fully saturated rings. The molecule has 1 aliphatic rings. The third-order valence-electron chi connectivity index (χ3n) is 2.61. The normalized spacial score (nSPS) is 24.6. The Morgan fingerprint density at radius 3 is 2.47 bits per heavy atom. The molecule has 0 aromatic rings. The zero-order chi connectivity index (χ0) is 13.2. The maximum Gasteiger partial charge on any atom is 0.328 e. The molecule has 1 aliphatic heterocycles. The molecule has 0 aromatic heterocycles. The Morgan fingerprint density at radius 1 is 1.41 bits per heavy atom. The lowest BCUT2D eigenvalue weighted by atomic mass is 10.1. The molecule has 0 bridgehead atoms. The molecule has 0 saturated carbocycles. The summed E-state index contributed by atoms with van der Waals surface area (Å²) in [6.45, 7) is 8.65. The number of rotatable bonds is 1. The van der Waals surface area contributed by atoms with Crippen LogP contribution in [0.2, 0.25) is 0 Å². The van der Waals surface area contributed by atoms with Gasteiger partial charge in [-0.15, -0.1) is 0 Å². The van der Waals surface area contributed by atoms with E-state index in [0.717, 1.165) is 13.0 Å². The van der Waals surface area contributed by atoms with Crippen LogP contribution in [0.5, 0.6) is 0 Å². The molecule has 0 unspecified atom stereocenters. The van der Waals surface area contributed by atoms with Crippen molar-refractivity contribution in [3.8, 4) is 0 Å². The minimum Gasteiger partial charge on any atom is -0.467 e. The summed E-state index contributed by atoms with van der Waals surface area (Å²) >= 11 is 5.26. The summed E-state index contributed by atoms with van der Waals surface area (Å²) < 4.78 is 10.4. The Hall–Kier alpha value is -0.840. The Morgan fingerprint density at radius 2 is 2.00 bits per heavy atom. The van der Waals surface area contributed by atoms with Crippen LogP contribution in [-0.4, -0.2) is 41.3 Å². The number of hydrogen-bond acceptors (Lipinski definition) is 4. The molecule has 17 heavy (non-hydrogen) atoms. The highest BCUT2D eigenvalue weighted by molar-refractivity contribution is 7.80. The average Bonchev–Trinajstić information content (AvgIpc) is 2.56. The zero-order valence-corrected chi connectivity index (χ0v) is 12.0. The van der Waals surface area contributed by atoms with Crippen molar-refractivity contribution in [2.45, 2.75) is 45.8 Å². The number of esters is 1. The van der Waals surface area contributed by atoms with Crippen molar-refractivity contribution in [3.63, 3.8) is 0 Å². The van der Waals surface area contributed by atoms with Gasteiger partial charge >= 0.3 is 5.97 Å². The Kier molecular flexibility index (Phi) is 4.36. The van der Waals surface area contributed by atoms with Crippen LogP contribution in [0, 0.1) is 5.92 Å². The maximum atomic E-state index is 11.7. The monoisotopic (exact) mass is 259 g/mol. The largest absolute Gasteiger partial charge is 0.467 e. The molecular weight excluding hydrogens is 238 g/mol. The molecule has 98 valence electrons. The number of methoxy groups -OCH3 is 1. The molecule has 0 N–H and O–H groups in total. The number of nitrogens with zero attached hydrogens (tertiary/aromatic N) is 1. The van der Waals surface area contributed by atoms with Crippen molar-refractivity contribution in [2.75, 3.05) is 13.7 Å². The lowest BCUT2D eigenvalue weighted by Gasteiger charge is -2.30. The van der Waals surface area contributed by atoms with Gasteiger partial charge in [0.25, 0.3) is 5.17 Å². The topological polar surface area (TPSA) is 38.8 Å². The van der Waals surface area contributed by atoms with Gasteiger partial charge in [0, 0.05) is 6.54 Å². The van der Waals surface area contributed by atoms with Crippen LogP contribution in [0.25, 0.3) is 0 Å². The first-order valence-corrected chi connectivity index (χ1v) is 6.23. The predicted molar refractivity (Wildman–Crippen MR) is 69.7 cm³/mol. The second-order valence-corrected chi connectivity index (χ2v) is 5.86. The van der Waals surface area contributed by atoms with E-state index in [1.165, 1.54) is 7.11 Å². The molecule has 0 amide bonds. The molecule has 4 nitrogen and oxygen atoms in total. The molecule has 1 saturated heterocycles. The van der Waals surface area contributed by atoms with E-state index in [9.17, 15) is 4.79 Å². The van der Waals surface area contributed by atoms with Gasteiger partial charge in [0.15, 0.2) is 0 Å². The van der Waals surface area contributed by atoms with Gasteiger partial charge in [-0.1, -0.05) is 6.92 Å². The molecular formula is C12H21NO3S. The summed E-state index contributed by atoms with van der Waals surface area (Å²) in [4.78, 5) is 13.5. The smallest absolute Gasteiger partial charge is 0.328 e. The van der Waals surface area contributed by atoms with Gasteiger partial charge in [0.05, 0.1) is 7.11 Å². The first kappa shape index (κ1) is 14.2. The van der Waals surface area contributed by atoms with Gasteiger partial charge in [0.2, 0.25) is 0 Å². The molecule has 2 atom stereocenters. The number of thiocarbonyl (C=S) groups is 1. The Bertz CT molecular complexity index is 311.